The van der Waals surface area contributed by atoms with Crippen molar-refractivity contribution in [1.29, 1.82) is 0 Å². The zero-order chi connectivity index (χ0) is 20.8. The molecule has 0 saturated carbocycles. The number of aryl methyl sites for hydroxylation is 2. The van der Waals surface area contributed by atoms with Crippen LogP contribution >= 0.6 is 0 Å². The van der Waals surface area contributed by atoms with Gasteiger partial charge < -0.3 is 15.2 Å². The molecule has 1 aromatic heterocycles. The van der Waals surface area contributed by atoms with Gasteiger partial charge in [-0.25, -0.2) is 4.39 Å². The molecule has 1 heterocycles. The van der Waals surface area contributed by atoms with E-state index in [2.05, 4.69) is 20.8 Å². The lowest BCUT2D eigenvalue weighted by Crippen LogP contribution is -2.14. The lowest BCUT2D eigenvalue weighted by atomic mass is 10.1. The SMILES string of the molecule is CCC(=O)Nc1ccc(C)c(NC(=O)CCc2nc(-c3ccc(F)cc3)no2)c1. The molecule has 0 aliphatic carbocycles. The van der Waals surface area contributed by atoms with Gasteiger partial charge >= 0.3 is 0 Å². The second-order valence-electron chi connectivity index (χ2n) is 6.50. The summed E-state index contributed by atoms with van der Waals surface area (Å²) >= 11 is 0. The van der Waals surface area contributed by atoms with Crippen molar-refractivity contribution in [2.45, 2.75) is 33.1 Å². The summed E-state index contributed by atoms with van der Waals surface area (Å²) in [4.78, 5) is 28.1. The van der Waals surface area contributed by atoms with Crippen molar-refractivity contribution >= 4 is 23.2 Å². The van der Waals surface area contributed by atoms with Gasteiger partial charge in [0.05, 0.1) is 0 Å². The smallest absolute Gasteiger partial charge is 0.227 e. The van der Waals surface area contributed by atoms with Gasteiger partial charge in [-0.1, -0.05) is 18.1 Å². The molecule has 3 aromatic rings. The Morgan fingerprint density at radius 3 is 2.55 bits per heavy atom. The molecular weight excluding hydrogens is 375 g/mol. The van der Waals surface area contributed by atoms with Crippen LogP contribution in [0.3, 0.4) is 0 Å². The van der Waals surface area contributed by atoms with Crippen LogP contribution in [0.2, 0.25) is 0 Å². The van der Waals surface area contributed by atoms with Crippen molar-refractivity contribution in [1.82, 2.24) is 10.1 Å². The van der Waals surface area contributed by atoms with Crippen LogP contribution < -0.4 is 10.6 Å². The van der Waals surface area contributed by atoms with E-state index in [0.717, 1.165) is 5.56 Å². The molecule has 8 heteroatoms. The molecule has 0 radical (unpaired) electrons. The number of hydrogen-bond donors (Lipinski definition) is 2. The normalized spacial score (nSPS) is 10.6. The van der Waals surface area contributed by atoms with Gasteiger partial charge in [0.1, 0.15) is 5.82 Å². The Hall–Kier alpha value is -3.55. The maximum Gasteiger partial charge on any atom is 0.227 e. The van der Waals surface area contributed by atoms with Crippen LogP contribution in [0, 0.1) is 12.7 Å². The third-order valence-electron chi connectivity index (χ3n) is 4.25. The summed E-state index contributed by atoms with van der Waals surface area (Å²) in [6.07, 6.45) is 0.793. The second-order valence-corrected chi connectivity index (χ2v) is 6.50. The summed E-state index contributed by atoms with van der Waals surface area (Å²) < 4.78 is 18.2. The van der Waals surface area contributed by atoms with Gasteiger partial charge in [0.2, 0.25) is 23.5 Å². The van der Waals surface area contributed by atoms with E-state index in [1.807, 2.05) is 13.0 Å². The van der Waals surface area contributed by atoms with E-state index in [9.17, 15) is 14.0 Å². The van der Waals surface area contributed by atoms with Crippen molar-refractivity contribution in [2.75, 3.05) is 10.6 Å². The summed E-state index contributed by atoms with van der Waals surface area (Å²) in [6.45, 7) is 3.64. The van der Waals surface area contributed by atoms with Crippen LogP contribution in [0.1, 0.15) is 31.2 Å². The number of halogens is 1. The van der Waals surface area contributed by atoms with Crippen LogP contribution in [-0.2, 0) is 16.0 Å². The maximum absolute atomic E-state index is 13.0. The minimum Gasteiger partial charge on any atom is -0.339 e. The lowest BCUT2D eigenvalue weighted by Gasteiger charge is -2.11. The Bertz CT molecular complexity index is 1020. The third kappa shape index (κ3) is 5.47. The standard InChI is InChI=1S/C21H21FN4O3/c1-3-18(27)23-16-9-4-13(2)17(12-16)24-19(28)10-11-20-25-21(26-29-20)14-5-7-15(22)8-6-14/h4-9,12H,3,10-11H2,1-2H3,(H,23,27)(H,24,28). The molecule has 3 rings (SSSR count). The third-order valence-corrected chi connectivity index (χ3v) is 4.25. The Morgan fingerprint density at radius 2 is 1.83 bits per heavy atom. The molecule has 0 aliphatic rings. The van der Waals surface area contributed by atoms with Crippen LogP contribution in [0.25, 0.3) is 11.4 Å². The van der Waals surface area contributed by atoms with Gasteiger partial charge in [0.15, 0.2) is 0 Å². The number of nitrogens with zero attached hydrogens (tertiary/aromatic N) is 2. The van der Waals surface area contributed by atoms with E-state index in [0.29, 0.717) is 35.1 Å². The molecule has 7 nitrogen and oxygen atoms in total. The molecule has 2 amide bonds. The topological polar surface area (TPSA) is 97.1 Å². The van der Waals surface area contributed by atoms with E-state index in [1.54, 1.807) is 31.2 Å². The number of nitrogens with one attached hydrogen (secondary N) is 2. The van der Waals surface area contributed by atoms with Crippen LogP contribution in [0.5, 0.6) is 0 Å². The molecule has 0 saturated heterocycles. The highest BCUT2D eigenvalue weighted by atomic mass is 19.1. The van der Waals surface area contributed by atoms with Crippen molar-refractivity contribution in [3.05, 3.63) is 59.7 Å². The maximum atomic E-state index is 13.0. The van der Waals surface area contributed by atoms with Crippen LogP contribution in [0.4, 0.5) is 15.8 Å². The van der Waals surface area contributed by atoms with Crippen molar-refractivity contribution in [3.8, 4) is 11.4 Å². The van der Waals surface area contributed by atoms with Crippen molar-refractivity contribution in [2.24, 2.45) is 0 Å². The summed E-state index contributed by atoms with van der Waals surface area (Å²) in [5.74, 6) is 0.00613. The largest absolute Gasteiger partial charge is 0.339 e. The Labute approximate surface area is 167 Å². The predicted octanol–water partition coefficient (Wildman–Crippen LogP) is 4.10. The molecule has 0 atom stereocenters. The number of carbonyl (C=O) groups excluding carboxylic acids is 2. The fourth-order valence-electron chi connectivity index (χ4n) is 2.59. The number of anilines is 2. The number of carbonyl (C=O) groups is 2. The van der Waals surface area contributed by atoms with Gasteiger partial charge in [-0.3, -0.25) is 9.59 Å². The molecule has 2 N–H and O–H groups in total. The highest BCUT2D eigenvalue weighted by molar-refractivity contribution is 5.94. The molecule has 29 heavy (non-hydrogen) atoms. The number of amides is 2. The summed E-state index contributed by atoms with van der Waals surface area (Å²) in [5, 5.41) is 9.46. The average molecular weight is 396 g/mol. The van der Waals surface area contributed by atoms with E-state index < -0.39 is 0 Å². The Morgan fingerprint density at radius 1 is 1.07 bits per heavy atom. The van der Waals surface area contributed by atoms with Gasteiger partial charge in [-0.05, 0) is 48.9 Å². The molecule has 0 spiro atoms. The molecule has 0 aliphatic heterocycles. The first-order chi connectivity index (χ1) is 13.9. The van der Waals surface area contributed by atoms with E-state index in [4.69, 9.17) is 4.52 Å². The monoisotopic (exact) mass is 396 g/mol. The lowest BCUT2D eigenvalue weighted by molar-refractivity contribution is -0.116. The van der Waals surface area contributed by atoms with Crippen LogP contribution in [0.15, 0.2) is 47.0 Å². The number of hydrogen-bond acceptors (Lipinski definition) is 5. The van der Waals surface area contributed by atoms with E-state index in [1.165, 1.54) is 12.1 Å². The highest BCUT2D eigenvalue weighted by Crippen LogP contribution is 2.21. The van der Waals surface area contributed by atoms with Gasteiger partial charge in [0, 0.05) is 36.2 Å². The fourth-order valence-corrected chi connectivity index (χ4v) is 2.59. The Balaban J connectivity index is 1.58. The second kappa shape index (κ2) is 9.09. The van der Waals surface area contributed by atoms with Crippen molar-refractivity contribution in [3.63, 3.8) is 0 Å². The summed E-state index contributed by atoms with van der Waals surface area (Å²) in [5.41, 5.74) is 2.76. The first kappa shape index (κ1) is 20.2. The molecule has 2 aromatic carbocycles. The predicted molar refractivity (Wildman–Crippen MR) is 107 cm³/mol. The molecule has 0 fully saturated rings. The minimum absolute atomic E-state index is 0.0977. The van der Waals surface area contributed by atoms with Gasteiger partial charge in [0.25, 0.3) is 0 Å². The highest BCUT2D eigenvalue weighted by Gasteiger charge is 2.12. The molecule has 0 unspecified atom stereocenters. The number of rotatable bonds is 7. The first-order valence-corrected chi connectivity index (χ1v) is 9.23. The summed E-state index contributed by atoms with van der Waals surface area (Å²) in [6, 6.07) is 11.1. The Kier molecular flexibility index (Phi) is 6.33. The average Bonchev–Trinajstić information content (AvgIpc) is 3.18. The summed E-state index contributed by atoms with van der Waals surface area (Å²) in [7, 11) is 0. The molecular formula is C21H21FN4O3. The molecule has 150 valence electrons. The van der Waals surface area contributed by atoms with E-state index in [-0.39, 0.29) is 30.5 Å². The fraction of sp³-hybridized carbons (Fsp3) is 0.238. The first-order valence-electron chi connectivity index (χ1n) is 9.23. The number of aromatic nitrogens is 2. The van der Waals surface area contributed by atoms with E-state index >= 15 is 0 Å². The van der Waals surface area contributed by atoms with Crippen molar-refractivity contribution < 1.29 is 18.5 Å². The quantitative estimate of drug-likeness (QED) is 0.627. The van der Waals surface area contributed by atoms with Gasteiger partial charge in [-0.2, -0.15) is 4.98 Å². The minimum atomic E-state index is -0.345. The van der Waals surface area contributed by atoms with Gasteiger partial charge in [-0.15, -0.1) is 0 Å². The zero-order valence-electron chi connectivity index (χ0n) is 16.2. The zero-order valence-corrected chi connectivity index (χ0v) is 16.2. The molecule has 0 bridgehead atoms. The van der Waals surface area contributed by atoms with Crippen LogP contribution in [-0.4, -0.2) is 22.0 Å². The number of benzene rings is 2.